The Labute approximate surface area is 173 Å². The van der Waals surface area contributed by atoms with Crippen molar-refractivity contribution < 1.29 is 19.2 Å². The summed E-state index contributed by atoms with van der Waals surface area (Å²) in [5.74, 6) is 1.48. The maximum atomic E-state index is 12.2. The first-order chi connectivity index (χ1) is 14.0. The van der Waals surface area contributed by atoms with E-state index in [-0.39, 0.29) is 18.1 Å². The molecule has 1 heterocycles. The number of benzene rings is 2. The average molecular weight is 399 g/mol. The van der Waals surface area contributed by atoms with Gasteiger partial charge in [-0.25, -0.2) is 4.79 Å². The fourth-order valence-corrected chi connectivity index (χ4v) is 4.00. The van der Waals surface area contributed by atoms with E-state index >= 15 is 0 Å². The van der Waals surface area contributed by atoms with Crippen LogP contribution in [-0.2, 0) is 13.0 Å². The SMILES string of the molecule is COc1cc2c(cc1OC)[C@H](CNC(=O)NC(C)C)[NH+](Cc1ccccc1)CC2. The Balaban J connectivity index is 1.88. The second-order valence-corrected chi connectivity index (χ2v) is 7.79. The third-order valence-electron chi connectivity index (χ3n) is 5.39. The molecular weight excluding hydrogens is 366 g/mol. The lowest BCUT2D eigenvalue weighted by Gasteiger charge is -2.35. The van der Waals surface area contributed by atoms with Gasteiger partial charge < -0.3 is 25.0 Å². The quantitative estimate of drug-likeness (QED) is 0.669. The van der Waals surface area contributed by atoms with Crippen LogP contribution in [0.1, 0.15) is 36.6 Å². The molecule has 29 heavy (non-hydrogen) atoms. The molecule has 6 nitrogen and oxygen atoms in total. The van der Waals surface area contributed by atoms with Gasteiger partial charge in [-0.2, -0.15) is 0 Å². The predicted octanol–water partition coefficient (Wildman–Crippen LogP) is 2.09. The molecule has 3 N–H and O–H groups in total. The minimum Gasteiger partial charge on any atom is -0.493 e. The third-order valence-corrected chi connectivity index (χ3v) is 5.39. The third kappa shape index (κ3) is 5.21. The Kier molecular flexibility index (Phi) is 6.99. The number of fused-ring (bicyclic) bond motifs is 1. The summed E-state index contributed by atoms with van der Waals surface area (Å²) < 4.78 is 11.0. The molecule has 0 saturated carbocycles. The zero-order valence-electron chi connectivity index (χ0n) is 17.7. The molecule has 156 valence electrons. The molecule has 0 aliphatic carbocycles. The van der Waals surface area contributed by atoms with Gasteiger partial charge in [-0.05, 0) is 31.5 Å². The van der Waals surface area contributed by atoms with Crippen LogP contribution in [0.5, 0.6) is 11.5 Å². The number of carbonyl (C=O) groups excluding carboxylic acids is 1. The Hall–Kier alpha value is -2.73. The van der Waals surface area contributed by atoms with Gasteiger partial charge in [-0.15, -0.1) is 0 Å². The van der Waals surface area contributed by atoms with Gasteiger partial charge in [0.25, 0.3) is 0 Å². The first kappa shape index (κ1) is 21.0. The maximum Gasteiger partial charge on any atom is 0.315 e. The van der Waals surface area contributed by atoms with Gasteiger partial charge in [0.2, 0.25) is 0 Å². The molecule has 0 radical (unpaired) electrons. The van der Waals surface area contributed by atoms with Gasteiger partial charge in [0, 0.05) is 23.6 Å². The number of amides is 2. The lowest BCUT2D eigenvalue weighted by atomic mass is 9.91. The standard InChI is InChI=1S/C23H31N3O3/c1-16(2)25-23(27)24-14-20-19-13-22(29-4)21(28-3)12-18(19)10-11-26(20)15-17-8-6-5-7-9-17/h5-9,12-13,16,20H,10-11,14-15H2,1-4H3,(H2,24,25,27)/p+1/t20-/m0/s1. The highest BCUT2D eigenvalue weighted by molar-refractivity contribution is 5.74. The Morgan fingerprint density at radius 1 is 1.14 bits per heavy atom. The molecule has 2 amide bonds. The number of ether oxygens (including phenoxy) is 2. The van der Waals surface area contributed by atoms with E-state index in [4.69, 9.17) is 9.47 Å². The number of carbonyl (C=O) groups is 1. The summed E-state index contributed by atoms with van der Waals surface area (Å²) in [6.07, 6.45) is 0.965. The van der Waals surface area contributed by atoms with Crippen molar-refractivity contribution in [3.8, 4) is 11.5 Å². The molecule has 0 spiro atoms. The fourth-order valence-electron chi connectivity index (χ4n) is 4.00. The van der Waals surface area contributed by atoms with E-state index < -0.39 is 0 Å². The Morgan fingerprint density at radius 2 is 1.83 bits per heavy atom. The van der Waals surface area contributed by atoms with Crippen molar-refractivity contribution in [3.05, 3.63) is 59.2 Å². The van der Waals surface area contributed by atoms with Crippen LogP contribution in [0.25, 0.3) is 0 Å². The van der Waals surface area contributed by atoms with Crippen LogP contribution in [0.15, 0.2) is 42.5 Å². The molecule has 0 aromatic heterocycles. The number of hydrogen-bond acceptors (Lipinski definition) is 3. The van der Waals surface area contributed by atoms with E-state index in [1.807, 2.05) is 19.9 Å². The lowest BCUT2D eigenvalue weighted by Crippen LogP contribution is -3.12. The molecule has 1 unspecified atom stereocenters. The summed E-state index contributed by atoms with van der Waals surface area (Å²) in [5.41, 5.74) is 3.77. The second-order valence-electron chi connectivity index (χ2n) is 7.79. The van der Waals surface area contributed by atoms with Crippen molar-refractivity contribution in [2.24, 2.45) is 0 Å². The van der Waals surface area contributed by atoms with Crippen LogP contribution in [-0.4, -0.2) is 39.4 Å². The van der Waals surface area contributed by atoms with Gasteiger partial charge in [-0.3, -0.25) is 0 Å². The topological polar surface area (TPSA) is 64.0 Å². The number of hydrogen-bond donors (Lipinski definition) is 3. The second kappa shape index (κ2) is 9.65. The van der Waals surface area contributed by atoms with Gasteiger partial charge in [0.1, 0.15) is 12.6 Å². The normalized spacial score (nSPS) is 18.1. The van der Waals surface area contributed by atoms with Gasteiger partial charge in [0.05, 0.1) is 27.3 Å². The van der Waals surface area contributed by atoms with E-state index in [9.17, 15) is 4.79 Å². The summed E-state index contributed by atoms with van der Waals surface area (Å²) in [6.45, 7) is 6.38. The first-order valence-electron chi connectivity index (χ1n) is 10.2. The van der Waals surface area contributed by atoms with Crippen LogP contribution >= 0.6 is 0 Å². The van der Waals surface area contributed by atoms with Gasteiger partial charge in [0.15, 0.2) is 11.5 Å². The fraction of sp³-hybridized carbons (Fsp3) is 0.435. The molecule has 1 aliphatic rings. The largest absolute Gasteiger partial charge is 0.493 e. The summed E-state index contributed by atoms with van der Waals surface area (Å²) >= 11 is 0. The summed E-state index contributed by atoms with van der Waals surface area (Å²) in [5, 5.41) is 5.97. The van der Waals surface area contributed by atoms with Crippen LogP contribution in [0.4, 0.5) is 4.79 Å². The minimum absolute atomic E-state index is 0.103. The number of methoxy groups -OCH3 is 2. The summed E-state index contributed by atoms with van der Waals surface area (Å²) in [6, 6.07) is 14.8. The highest BCUT2D eigenvalue weighted by Crippen LogP contribution is 2.34. The van der Waals surface area contributed by atoms with E-state index in [2.05, 4.69) is 47.0 Å². The molecule has 1 aliphatic heterocycles. The first-order valence-corrected chi connectivity index (χ1v) is 10.2. The summed E-state index contributed by atoms with van der Waals surface area (Å²) in [4.78, 5) is 13.7. The number of rotatable bonds is 7. The molecule has 0 saturated heterocycles. The molecular formula is C23H32N3O3+. The number of nitrogens with one attached hydrogen (secondary N) is 3. The summed E-state index contributed by atoms with van der Waals surface area (Å²) in [7, 11) is 3.32. The Bertz CT molecular complexity index is 824. The molecule has 6 heteroatoms. The van der Waals surface area contributed by atoms with Gasteiger partial charge in [-0.1, -0.05) is 30.3 Å². The smallest absolute Gasteiger partial charge is 0.315 e. The molecule has 2 aromatic carbocycles. The Morgan fingerprint density at radius 3 is 2.48 bits per heavy atom. The number of quaternary nitrogens is 1. The number of urea groups is 1. The van der Waals surface area contributed by atoms with Crippen molar-refractivity contribution in [1.29, 1.82) is 0 Å². The zero-order chi connectivity index (χ0) is 20.8. The van der Waals surface area contributed by atoms with E-state index in [0.29, 0.717) is 6.54 Å². The van der Waals surface area contributed by atoms with E-state index in [1.165, 1.54) is 21.6 Å². The molecule has 0 fully saturated rings. The highest BCUT2D eigenvalue weighted by Gasteiger charge is 2.33. The lowest BCUT2D eigenvalue weighted by molar-refractivity contribution is -0.945. The van der Waals surface area contributed by atoms with Crippen LogP contribution in [0, 0.1) is 0 Å². The van der Waals surface area contributed by atoms with Crippen LogP contribution < -0.4 is 25.0 Å². The van der Waals surface area contributed by atoms with Crippen molar-refractivity contribution in [2.45, 2.75) is 38.9 Å². The predicted molar refractivity (Wildman–Crippen MR) is 114 cm³/mol. The van der Waals surface area contributed by atoms with Crippen molar-refractivity contribution in [2.75, 3.05) is 27.3 Å². The van der Waals surface area contributed by atoms with E-state index in [1.54, 1.807) is 14.2 Å². The average Bonchev–Trinajstić information content (AvgIpc) is 2.72. The monoisotopic (exact) mass is 398 g/mol. The van der Waals surface area contributed by atoms with Crippen molar-refractivity contribution in [3.63, 3.8) is 0 Å². The highest BCUT2D eigenvalue weighted by atomic mass is 16.5. The van der Waals surface area contributed by atoms with Crippen molar-refractivity contribution >= 4 is 6.03 Å². The van der Waals surface area contributed by atoms with E-state index in [0.717, 1.165) is 31.0 Å². The van der Waals surface area contributed by atoms with Crippen LogP contribution in [0.2, 0.25) is 0 Å². The zero-order valence-corrected chi connectivity index (χ0v) is 17.7. The maximum absolute atomic E-state index is 12.2. The minimum atomic E-state index is -0.133. The van der Waals surface area contributed by atoms with Crippen molar-refractivity contribution in [1.82, 2.24) is 10.6 Å². The van der Waals surface area contributed by atoms with Gasteiger partial charge >= 0.3 is 6.03 Å². The van der Waals surface area contributed by atoms with Crippen LogP contribution in [0.3, 0.4) is 0 Å². The molecule has 3 rings (SSSR count). The molecule has 2 aromatic rings. The molecule has 0 bridgehead atoms. The molecule has 2 atom stereocenters.